The highest BCUT2D eigenvalue weighted by molar-refractivity contribution is 6.42. The van der Waals surface area contributed by atoms with E-state index in [1.807, 2.05) is 20.8 Å². The van der Waals surface area contributed by atoms with Gasteiger partial charge in [-0.3, -0.25) is 19.1 Å². The van der Waals surface area contributed by atoms with Crippen molar-refractivity contribution >= 4 is 57.4 Å². The van der Waals surface area contributed by atoms with Gasteiger partial charge in [-0.1, -0.05) is 55.2 Å². The Hall–Kier alpha value is -4.24. The first-order valence-corrected chi connectivity index (χ1v) is 15.3. The second-order valence-electron chi connectivity index (χ2n) is 11.2. The number of carbonyl (C=O) groups is 1. The molecular weight excluding hydrogens is 661 g/mol. The van der Waals surface area contributed by atoms with E-state index in [1.165, 1.54) is 16.7 Å². The topological polar surface area (TPSA) is 115 Å². The van der Waals surface area contributed by atoms with E-state index in [1.54, 1.807) is 29.0 Å². The third-order valence-electron chi connectivity index (χ3n) is 7.99. The van der Waals surface area contributed by atoms with Crippen LogP contribution in [0.2, 0.25) is 15.1 Å². The molecule has 1 fully saturated rings. The van der Waals surface area contributed by atoms with Gasteiger partial charge in [-0.15, -0.1) is 0 Å². The van der Waals surface area contributed by atoms with E-state index in [-0.39, 0.29) is 64.8 Å². The van der Waals surface area contributed by atoms with E-state index in [0.29, 0.717) is 16.9 Å². The van der Waals surface area contributed by atoms with Crippen LogP contribution >= 0.6 is 34.8 Å². The van der Waals surface area contributed by atoms with Crippen LogP contribution < -0.4 is 10.5 Å². The lowest BCUT2D eigenvalue weighted by atomic mass is 10.0. The maximum Gasteiger partial charge on any atom is 0.276 e. The average Bonchev–Trinajstić information content (AvgIpc) is 3.02. The Morgan fingerprint density at radius 1 is 1.20 bits per heavy atom. The van der Waals surface area contributed by atoms with Gasteiger partial charge < -0.3 is 14.9 Å². The quantitative estimate of drug-likeness (QED) is 0.138. The summed E-state index contributed by atoms with van der Waals surface area (Å²) in [6, 6.07) is 4.78. The first-order valence-electron chi connectivity index (χ1n) is 14.1. The number of hydrogen-bond donors (Lipinski definition) is 1. The molecule has 0 saturated carbocycles. The van der Waals surface area contributed by atoms with Crippen molar-refractivity contribution in [2.45, 2.75) is 39.7 Å². The number of phenols is 1. The van der Waals surface area contributed by atoms with Crippen LogP contribution in [0.4, 0.5) is 14.5 Å². The lowest BCUT2D eigenvalue weighted by Gasteiger charge is -2.41. The Bertz CT molecular complexity index is 2030. The smallest absolute Gasteiger partial charge is 0.276 e. The van der Waals surface area contributed by atoms with Gasteiger partial charge in [0.1, 0.15) is 22.3 Å². The predicted octanol–water partition coefficient (Wildman–Crippen LogP) is 6.92. The van der Waals surface area contributed by atoms with Crippen molar-refractivity contribution in [1.82, 2.24) is 19.4 Å². The molecule has 0 unspecified atom stereocenters. The molecule has 0 spiro atoms. The number of nitriles is 1. The van der Waals surface area contributed by atoms with E-state index in [9.17, 15) is 24.3 Å². The van der Waals surface area contributed by atoms with Crippen LogP contribution in [0.15, 0.2) is 35.8 Å². The molecule has 1 atom stereocenters. The minimum Gasteiger partial charge on any atom is -0.504 e. The summed E-state index contributed by atoms with van der Waals surface area (Å²) in [5.41, 5.74) is -0.541. The molecule has 0 aliphatic carbocycles. The van der Waals surface area contributed by atoms with Crippen LogP contribution in [0.5, 0.6) is 5.75 Å². The van der Waals surface area contributed by atoms with Gasteiger partial charge in [-0.2, -0.15) is 5.26 Å². The number of nitrogens with zero attached hydrogens (tertiary/aromatic N) is 6. The van der Waals surface area contributed by atoms with Gasteiger partial charge in [-0.05, 0) is 43.5 Å². The summed E-state index contributed by atoms with van der Waals surface area (Å²) in [7, 11) is 0. The predicted molar refractivity (Wildman–Crippen MR) is 174 cm³/mol. The maximum absolute atomic E-state index is 15.6. The molecule has 1 aliphatic rings. The van der Waals surface area contributed by atoms with Gasteiger partial charge in [0.25, 0.3) is 5.56 Å². The zero-order valence-corrected chi connectivity index (χ0v) is 27.4. The number of anilines is 1. The van der Waals surface area contributed by atoms with E-state index in [4.69, 9.17) is 34.8 Å². The normalized spacial score (nSPS) is 15.0. The van der Waals surface area contributed by atoms with Crippen LogP contribution in [-0.4, -0.2) is 56.1 Å². The van der Waals surface area contributed by atoms with Crippen molar-refractivity contribution in [3.63, 3.8) is 0 Å². The first kappa shape index (κ1) is 33.1. The molecule has 1 aromatic carbocycles. The minimum absolute atomic E-state index is 0.0704. The molecule has 1 N–H and O–H groups in total. The molecule has 1 aliphatic heterocycles. The van der Waals surface area contributed by atoms with Crippen LogP contribution in [-0.2, 0) is 4.79 Å². The highest BCUT2D eigenvalue weighted by Crippen LogP contribution is 2.45. The van der Waals surface area contributed by atoms with Crippen LogP contribution in [0.1, 0.15) is 43.5 Å². The molecule has 1 amide bonds. The number of aromatic nitrogens is 3. The molecule has 0 bridgehead atoms. The molecule has 4 heterocycles. The zero-order chi connectivity index (χ0) is 33.8. The molecule has 3 aromatic heterocycles. The third-order valence-corrected chi connectivity index (χ3v) is 9.09. The van der Waals surface area contributed by atoms with E-state index < -0.39 is 44.2 Å². The fourth-order valence-corrected chi connectivity index (χ4v) is 6.40. The van der Waals surface area contributed by atoms with Crippen molar-refractivity contribution in [1.29, 1.82) is 5.26 Å². The van der Waals surface area contributed by atoms with Crippen LogP contribution in [0, 0.1) is 29.9 Å². The summed E-state index contributed by atoms with van der Waals surface area (Å²) in [6.07, 6.45) is 2.81. The molecular formula is C32H27Cl3F2N6O3. The van der Waals surface area contributed by atoms with Crippen molar-refractivity contribution in [2.75, 3.05) is 24.5 Å². The monoisotopic (exact) mass is 686 g/mol. The van der Waals surface area contributed by atoms with Crippen LogP contribution in [0.25, 0.3) is 28.0 Å². The fourth-order valence-electron chi connectivity index (χ4n) is 5.81. The van der Waals surface area contributed by atoms with Gasteiger partial charge in [0.05, 0.1) is 38.4 Å². The summed E-state index contributed by atoms with van der Waals surface area (Å²) >= 11 is 18.4. The van der Waals surface area contributed by atoms with Gasteiger partial charge >= 0.3 is 0 Å². The van der Waals surface area contributed by atoms with Gasteiger partial charge in [0, 0.05) is 37.3 Å². The van der Waals surface area contributed by atoms with Gasteiger partial charge in [-0.25, -0.2) is 13.8 Å². The zero-order valence-electron chi connectivity index (χ0n) is 25.1. The number of halogens is 5. The van der Waals surface area contributed by atoms with E-state index >= 15 is 4.39 Å². The number of amides is 1. The van der Waals surface area contributed by atoms with Crippen molar-refractivity contribution in [2.24, 2.45) is 0 Å². The highest BCUT2D eigenvalue weighted by atomic mass is 35.5. The molecule has 14 heteroatoms. The average molecular weight is 688 g/mol. The number of pyridine rings is 3. The largest absolute Gasteiger partial charge is 0.504 e. The number of hydrogen-bond acceptors (Lipinski definition) is 7. The lowest BCUT2D eigenvalue weighted by molar-refractivity contribution is -0.128. The Morgan fingerprint density at radius 3 is 2.48 bits per heavy atom. The Labute approximate surface area is 277 Å². The lowest BCUT2D eigenvalue weighted by Crippen LogP contribution is -2.54. The standard InChI is InChI=1S/C32H27Cl3F2N6O3/c1-6-20(44)42-10-9-41(13-16(42)5)29-17-11-19(33)27(21-24(36)22(34)23(35)25(37)30(21)45)40-31(17)43(32(46)18(29)12-38)28-15(4)7-8-39-26(28)14(2)3/h6-8,11,14,16,45H,1,9-10,13H2,2-5H3/t16-/m1/s1. The Balaban J connectivity index is 1.94. The number of carbonyl (C=O) groups excluding carboxylic acids is 1. The molecule has 46 heavy (non-hydrogen) atoms. The summed E-state index contributed by atoms with van der Waals surface area (Å²) in [5.74, 6) is -4.29. The van der Waals surface area contributed by atoms with Gasteiger partial charge in [0.15, 0.2) is 17.4 Å². The number of piperazine rings is 1. The number of fused-ring (bicyclic) bond motifs is 1. The maximum atomic E-state index is 15.6. The van der Waals surface area contributed by atoms with Crippen LogP contribution in [0.3, 0.4) is 0 Å². The number of rotatable bonds is 5. The Kier molecular flexibility index (Phi) is 9.01. The summed E-state index contributed by atoms with van der Waals surface area (Å²) in [6.45, 7) is 11.7. The number of phenolic OH excluding ortho intramolecular Hbond substituents is 1. The first-order chi connectivity index (χ1) is 21.7. The summed E-state index contributed by atoms with van der Waals surface area (Å²) in [5, 5.41) is 19.5. The molecule has 4 aromatic rings. The third kappa shape index (κ3) is 5.24. The second kappa shape index (κ2) is 12.5. The molecule has 5 rings (SSSR count). The molecule has 9 nitrogen and oxygen atoms in total. The van der Waals surface area contributed by atoms with Crippen molar-refractivity contribution < 1.29 is 18.7 Å². The fraction of sp³-hybridized carbons (Fsp3) is 0.281. The summed E-state index contributed by atoms with van der Waals surface area (Å²) < 4.78 is 31.6. The van der Waals surface area contributed by atoms with E-state index in [2.05, 4.69) is 22.6 Å². The van der Waals surface area contributed by atoms with Crippen molar-refractivity contribution in [3.8, 4) is 28.8 Å². The summed E-state index contributed by atoms with van der Waals surface area (Å²) in [4.78, 5) is 39.4. The number of benzene rings is 1. The Morgan fingerprint density at radius 2 is 1.87 bits per heavy atom. The second-order valence-corrected chi connectivity index (χ2v) is 12.4. The number of aryl methyl sites for hydroxylation is 1. The minimum atomic E-state index is -1.38. The van der Waals surface area contributed by atoms with E-state index in [0.717, 1.165) is 0 Å². The molecule has 1 saturated heterocycles. The van der Waals surface area contributed by atoms with Crippen molar-refractivity contribution in [3.05, 3.63) is 84.9 Å². The molecule has 0 radical (unpaired) electrons. The highest BCUT2D eigenvalue weighted by Gasteiger charge is 2.33. The SMILES string of the molecule is C=CC(=O)N1CCN(c2c(C#N)c(=O)n(-c3c(C)ccnc3C(C)C)c3nc(-c4c(O)c(F)c(Cl)c(Cl)c4F)c(Cl)cc23)C[C@H]1C. The molecule has 238 valence electrons. The number of aromatic hydroxyl groups is 1. The van der Waals surface area contributed by atoms with Gasteiger partial charge in [0.2, 0.25) is 5.91 Å².